The second-order valence-corrected chi connectivity index (χ2v) is 11.9. The maximum atomic E-state index is 5.82. The monoisotopic (exact) mass is 447 g/mol. The first-order valence-electron chi connectivity index (χ1n) is 12.3. The zero-order valence-electron chi connectivity index (χ0n) is 19.1. The standard InChI is InChI=1S/C27H34N3OP/c1-31-25-20-12-11-19-24(25)26-27(28-29-30(26)21-13-5-2-6-14-21)32(22-15-7-3-8-16-22)23-17-9-4-10-18-23/h2,5-6,11-14,19-20,22-23H,3-4,7-10,15-18H2,1H3. The molecule has 0 unspecified atom stereocenters. The molecule has 2 aromatic carbocycles. The van der Waals surface area contributed by atoms with Gasteiger partial charge < -0.3 is 4.74 Å². The molecule has 0 N–H and O–H groups in total. The van der Waals surface area contributed by atoms with Gasteiger partial charge in [0.15, 0.2) is 0 Å². The van der Waals surface area contributed by atoms with E-state index < -0.39 is 0 Å². The van der Waals surface area contributed by atoms with Crippen LogP contribution in [0.4, 0.5) is 0 Å². The Hall–Kier alpha value is -2.19. The zero-order chi connectivity index (χ0) is 21.8. The molecule has 2 saturated carbocycles. The molecule has 0 atom stereocenters. The summed E-state index contributed by atoms with van der Waals surface area (Å²) in [7, 11) is 1.39. The molecule has 0 bridgehead atoms. The zero-order valence-corrected chi connectivity index (χ0v) is 20.0. The average Bonchev–Trinajstić information content (AvgIpc) is 3.30. The molecular formula is C27H34N3OP. The molecule has 5 rings (SSSR count). The van der Waals surface area contributed by atoms with Crippen molar-refractivity contribution >= 4 is 13.4 Å². The number of benzene rings is 2. The predicted octanol–water partition coefficient (Wildman–Crippen LogP) is 6.72. The minimum atomic E-state index is -0.373. The van der Waals surface area contributed by atoms with E-state index in [4.69, 9.17) is 15.0 Å². The summed E-state index contributed by atoms with van der Waals surface area (Å²) in [6.07, 6.45) is 13.7. The summed E-state index contributed by atoms with van der Waals surface area (Å²) in [4.78, 5) is 0. The Labute approximate surface area is 193 Å². The fraction of sp³-hybridized carbons (Fsp3) is 0.481. The molecule has 0 aliphatic heterocycles. The van der Waals surface area contributed by atoms with Gasteiger partial charge in [-0.25, -0.2) is 4.68 Å². The quantitative estimate of drug-likeness (QED) is 0.394. The lowest BCUT2D eigenvalue weighted by molar-refractivity contribution is 0.416. The number of para-hydroxylation sites is 2. The molecule has 3 aromatic rings. The van der Waals surface area contributed by atoms with E-state index in [0.29, 0.717) is 0 Å². The first kappa shape index (κ1) is 21.6. The van der Waals surface area contributed by atoms with Crippen LogP contribution in [0.5, 0.6) is 5.75 Å². The van der Waals surface area contributed by atoms with Crippen molar-refractivity contribution in [3.8, 4) is 22.7 Å². The molecule has 0 saturated heterocycles. The van der Waals surface area contributed by atoms with Crippen LogP contribution in [0.15, 0.2) is 54.6 Å². The molecule has 32 heavy (non-hydrogen) atoms. The van der Waals surface area contributed by atoms with E-state index in [1.165, 1.54) is 69.6 Å². The van der Waals surface area contributed by atoms with Gasteiger partial charge in [0.1, 0.15) is 16.9 Å². The third-order valence-corrected chi connectivity index (χ3v) is 10.6. The Morgan fingerprint density at radius 2 is 1.38 bits per heavy atom. The first-order chi connectivity index (χ1) is 15.9. The summed E-state index contributed by atoms with van der Waals surface area (Å²) in [5, 5.41) is 9.76. The molecule has 0 spiro atoms. The average molecular weight is 448 g/mol. The number of hydrogen-bond donors (Lipinski definition) is 0. The summed E-state index contributed by atoms with van der Waals surface area (Å²) < 4.78 is 7.89. The van der Waals surface area contributed by atoms with E-state index in [2.05, 4.69) is 53.2 Å². The maximum Gasteiger partial charge on any atom is 0.128 e. The lowest BCUT2D eigenvalue weighted by atomic mass is 9.99. The molecule has 2 fully saturated rings. The van der Waals surface area contributed by atoms with E-state index in [0.717, 1.165) is 34.0 Å². The van der Waals surface area contributed by atoms with Gasteiger partial charge in [-0.1, -0.05) is 74.1 Å². The van der Waals surface area contributed by atoms with Gasteiger partial charge in [0.05, 0.1) is 12.8 Å². The van der Waals surface area contributed by atoms with E-state index in [9.17, 15) is 0 Å². The van der Waals surface area contributed by atoms with E-state index >= 15 is 0 Å². The lowest BCUT2D eigenvalue weighted by Gasteiger charge is -2.37. The van der Waals surface area contributed by atoms with Crippen molar-refractivity contribution in [1.29, 1.82) is 0 Å². The Balaban J connectivity index is 1.68. The largest absolute Gasteiger partial charge is 0.496 e. The highest BCUT2D eigenvalue weighted by atomic mass is 31.1. The molecule has 2 aliphatic carbocycles. The molecule has 0 amide bonds. The summed E-state index contributed by atoms with van der Waals surface area (Å²) in [6.45, 7) is 0. The van der Waals surface area contributed by atoms with Crippen molar-refractivity contribution in [1.82, 2.24) is 15.0 Å². The summed E-state index contributed by atoms with van der Waals surface area (Å²) in [5.74, 6) is 0.899. The Morgan fingerprint density at radius 3 is 2.00 bits per heavy atom. The van der Waals surface area contributed by atoms with Crippen LogP contribution in [-0.2, 0) is 0 Å². The molecule has 1 aromatic heterocycles. The van der Waals surface area contributed by atoms with Gasteiger partial charge in [0.25, 0.3) is 0 Å². The van der Waals surface area contributed by atoms with Gasteiger partial charge in [-0.15, -0.1) is 5.10 Å². The third kappa shape index (κ3) is 4.35. The Morgan fingerprint density at radius 1 is 0.781 bits per heavy atom. The van der Waals surface area contributed by atoms with Crippen LogP contribution in [-0.4, -0.2) is 33.4 Å². The van der Waals surface area contributed by atoms with Crippen molar-refractivity contribution in [2.75, 3.05) is 7.11 Å². The van der Waals surface area contributed by atoms with Gasteiger partial charge in [-0.3, -0.25) is 0 Å². The van der Waals surface area contributed by atoms with Crippen LogP contribution >= 0.6 is 7.92 Å². The van der Waals surface area contributed by atoms with Crippen LogP contribution in [0.3, 0.4) is 0 Å². The first-order valence-corrected chi connectivity index (χ1v) is 13.8. The fourth-order valence-corrected chi connectivity index (χ4v) is 9.37. The van der Waals surface area contributed by atoms with Crippen LogP contribution in [0.25, 0.3) is 16.9 Å². The normalized spacial score (nSPS) is 18.2. The molecule has 168 valence electrons. The Kier molecular flexibility index (Phi) is 6.88. The van der Waals surface area contributed by atoms with Crippen molar-refractivity contribution in [2.24, 2.45) is 0 Å². The van der Waals surface area contributed by atoms with Crippen molar-refractivity contribution in [3.63, 3.8) is 0 Å². The van der Waals surface area contributed by atoms with E-state index in [-0.39, 0.29) is 7.92 Å². The predicted molar refractivity (Wildman–Crippen MR) is 134 cm³/mol. The number of aromatic nitrogens is 3. The molecule has 4 nitrogen and oxygen atoms in total. The number of ether oxygens (including phenoxy) is 1. The van der Waals surface area contributed by atoms with Gasteiger partial charge in [0.2, 0.25) is 0 Å². The SMILES string of the molecule is COc1ccccc1-c1c(P(C2CCCCC2)C2CCCCC2)nnn1-c1ccccc1. The van der Waals surface area contributed by atoms with Crippen LogP contribution in [0, 0.1) is 0 Å². The third-order valence-electron chi connectivity index (χ3n) is 7.20. The highest BCUT2D eigenvalue weighted by Gasteiger charge is 2.37. The van der Waals surface area contributed by atoms with Gasteiger partial charge in [0, 0.05) is 5.56 Å². The van der Waals surface area contributed by atoms with Gasteiger partial charge in [-0.05, 0) is 69.2 Å². The second-order valence-electron chi connectivity index (χ2n) is 9.20. The number of hydrogen-bond acceptors (Lipinski definition) is 3. The molecule has 5 heteroatoms. The highest BCUT2D eigenvalue weighted by Crippen LogP contribution is 2.56. The summed E-state index contributed by atoms with van der Waals surface area (Å²) >= 11 is 0. The van der Waals surface area contributed by atoms with E-state index in [1.54, 1.807) is 7.11 Å². The van der Waals surface area contributed by atoms with Gasteiger partial charge >= 0.3 is 0 Å². The fourth-order valence-electron chi connectivity index (χ4n) is 5.63. The second kappa shape index (κ2) is 10.2. The minimum Gasteiger partial charge on any atom is -0.496 e. The van der Waals surface area contributed by atoms with Crippen molar-refractivity contribution in [2.45, 2.75) is 75.5 Å². The van der Waals surface area contributed by atoms with Crippen molar-refractivity contribution < 1.29 is 4.74 Å². The lowest BCUT2D eigenvalue weighted by Crippen LogP contribution is -2.28. The number of nitrogens with zero attached hydrogens (tertiary/aromatic N) is 3. The molecule has 2 aliphatic rings. The number of methoxy groups -OCH3 is 1. The minimum absolute atomic E-state index is 0.373. The molecular weight excluding hydrogens is 413 g/mol. The van der Waals surface area contributed by atoms with Crippen molar-refractivity contribution in [3.05, 3.63) is 54.6 Å². The summed E-state index contributed by atoms with van der Waals surface area (Å²) in [5.41, 5.74) is 6.13. The Bertz CT molecular complexity index is 989. The topological polar surface area (TPSA) is 39.9 Å². The van der Waals surface area contributed by atoms with Crippen LogP contribution < -0.4 is 10.2 Å². The maximum absolute atomic E-state index is 5.82. The number of rotatable bonds is 6. The highest BCUT2D eigenvalue weighted by molar-refractivity contribution is 7.67. The smallest absolute Gasteiger partial charge is 0.128 e. The van der Waals surface area contributed by atoms with Crippen LogP contribution in [0.1, 0.15) is 64.2 Å². The van der Waals surface area contributed by atoms with Gasteiger partial charge in [-0.2, -0.15) is 0 Å². The molecule has 1 heterocycles. The molecule has 0 radical (unpaired) electrons. The summed E-state index contributed by atoms with van der Waals surface area (Å²) in [6, 6.07) is 18.8. The van der Waals surface area contributed by atoms with Crippen LogP contribution in [0.2, 0.25) is 0 Å². The van der Waals surface area contributed by atoms with E-state index in [1.807, 2.05) is 6.07 Å².